The number of benzene rings is 2. The number of aliphatic imine (C=N–C) groups is 1. The Kier molecular flexibility index (Phi) is 4.68. The molecule has 2 aromatic rings. The summed E-state index contributed by atoms with van der Waals surface area (Å²) in [6.07, 6.45) is 3.87. The van der Waals surface area contributed by atoms with Crippen LogP contribution in [0.25, 0.3) is 11.1 Å². The van der Waals surface area contributed by atoms with Gasteiger partial charge in [0.1, 0.15) is 5.82 Å². The van der Waals surface area contributed by atoms with Crippen LogP contribution in [-0.4, -0.2) is 20.1 Å². The Morgan fingerprint density at radius 1 is 1.14 bits per heavy atom. The largest absolute Gasteiger partial charge is 0.534 e. The predicted molar refractivity (Wildman–Crippen MR) is 101 cm³/mol. The Labute approximate surface area is 165 Å². The molecule has 9 heteroatoms. The van der Waals surface area contributed by atoms with Gasteiger partial charge in [0.15, 0.2) is 5.75 Å². The molecule has 0 radical (unpaired) electrons. The molecule has 1 fully saturated rings. The van der Waals surface area contributed by atoms with E-state index in [0.717, 1.165) is 37.0 Å². The molecule has 29 heavy (non-hydrogen) atoms. The van der Waals surface area contributed by atoms with Crippen LogP contribution in [0, 0.1) is 5.82 Å². The Balaban J connectivity index is 2.00. The van der Waals surface area contributed by atoms with E-state index in [-0.39, 0.29) is 23.1 Å². The van der Waals surface area contributed by atoms with Gasteiger partial charge in [0.05, 0.1) is 11.3 Å². The smallest absolute Gasteiger partial charge is 0.375 e. The maximum Gasteiger partial charge on any atom is 0.534 e. The van der Waals surface area contributed by atoms with Crippen molar-refractivity contribution < 1.29 is 30.2 Å². The number of fused-ring (bicyclic) bond motifs is 1. The van der Waals surface area contributed by atoms with E-state index in [1.807, 2.05) is 6.92 Å². The van der Waals surface area contributed by atoms with Crippen LogP contribution in [0.3, 0.4) is 0 Å². The van der Waals surface area contributed by atoms with Gasteiger partial charge in [-0.25, -0.2) is 4.39 Å². The van der Waals surface area contributed by atoms with Gasteiger partial charge in [-0.3, -0.25) is 4.99 Å². The molecule has 1 saturated carbocycles. The number of hydrogen-bond donors (Lipinski definition) is 0. The van der Waals surface area contributed by atoms with Gasteiger partial charge in [-0.15, -0.1) is 0 Å². The summed E-state index contributed by atoms with van der Waals surface area (Å²) in [5.74, 6) is -1.01. The summed E-state index contributed by atoms with van der Waals surface area (Å²) < 4.78 is 80.9. The van der Waals surface area contributed by atoms with Gasteiger partial charge in [0, 0.05) is 17.7 Å². The number of rotatable bonds is 5. The first-order valence-corrected chi connectivity index (χ1v) is 10.5. The Morgan fingerprint density at radius 2 is 1.79 bits per heavy atom. The molecular formula is C20H17F4NO3S. The summed E-state index contributed by atoms with van der Waals surface area (Å²) in [5, 5.41) is 0. The standard InChI is InChI=1S/C20H17F4NO3S/c1-2-11-10-25-18-15(11)9-16(12-3-4-12)19(28-29(26,27)20(22,23)24)17(18)13-5-7-14(21)8-6-13/h5-12H,2-4H2,1H3. The summed E-state index contributed by atoms with van der Waals surface area (Å²) >= 11 is 0. The van der Waals surface area contributed by atoms with Crippen LogP contribution >= 0.6 is 0 Å². The van der Waals surface area contributed by atoms with Crippen molar-refractivity contribution in [2.24, 2.45) is 4.99 Å². The molecule has 0 N–H and O–H groups in total. The molecule has 1 atom stereocenters. The maximum absolute atomic E-state index is 13.4. The molecule has 0 amide bonds. The zero-order valence-electron chi connectivity index (χ0n) is 15.3. The lowest BCUT2D eigenvalue weighted by Crippen LogP contribution is -2.28. The molecule has 0 saturated heterocycles. The summed E-state index contributed by atoms with van der Waals surface area (Å²) in [6, 6.07) is 6.78. The Morgan fingerprint density at radius 3 is 2.34 bits per heavy atom. The molecule has 4 rings (SSSR count). The quantitative estimate of drug-likeness (QED) is 0.344. The molecule has 2 aliphatic rings. The zero-order chi connectivity index (χ0) is 21.0. The van der Waals surface area contributed by atoms with Gasteiger partial charge in [-0.1, -0.05) is 19.1 Å². The summed E-state index contributed by atoms with van der Waals surface area (Å²) in [5.41, 5.74) is -3.50. The van der Waals surface area contributed by atoms with E-state index in [1.54, 1.807) is 12.3 Å². The molecule has 0 bridgehead atoms. The van der Waals surface area contributed by atoms with Crippen LogP contribution in [-0.2, 0) is 10.1 Å². The first kappa shape index (κ1) is 19.9. The number of nitrogens with zero attached hydrogens (tertiary/aromatic N) is 1. The lowest BCUT2D eigenvalue weighted by molar-refractivity contribution is -0.0500. The van der Waals surface area contributed by atoms with Crippen molar-refractivity contribution >= 4 is 22.0 Å². The highest BCUT2D eigenvalue weighted by Gasteiger charge is 2.50. The predicted octanol–water partition coefficient (Wildman–Crippen LogP) is 5.81. The first-order valence-electron chi connectivity index (χ1n) is 9.14. The maximum atomic E-state index is 13.4. The highest BCUT2D eigenvalue weighted by Crippen LogP contribution is 2.55. The molecule has 2 aromatic carbocycles. The summed E-state index contributed by atoms with van der Waals surface area (Å²) in [6.45, 7) is 1.96. The molecule has 1 aliphatic carbocycles. The average molecular weight is 427 g/mol. The van der Waals surface area contributed by atoms with Crippen LogP contribution in [0.1, 0.15) is 49.1 Å². The second-order valence-corrected chi connectivity index (χ2v) is 8.70. The normalized spacial score (nSPS) is 18.7. The molecule has 0 aromatic heterocycles. The number of halogens is 4. The summed E-state index contributed by atoms with van der Waals surface area (Å²) in [4.78, 5) is 4.35. The number of alkyl halides is 3. The highest BCUT2D eigenvalue weighted by molar-refractivity contribution is 7.88. The van der Waals surface area contributed by atoms with Crippen LogP contribution in [0.4, 0.5) is 23.2 Å². The fourth-order valence-corrected chi connectivity index (χ4v) is 4.01. The third-order valence-electron chi connectivity index (χ3n) is 5.16. The Bertz CT molecular complexity index is 1090. The van der Waals surface area contributed by atoms with Gasteiger partial charge < -0.3 is 4.18 Å². The topological polar surface area (TPSA) is 55.7 Å². The minimum Gasteiger partial charge on any atom is -0.375 e. The molecule has 1 unspecified atom stereocenters. The molecule has 1 heterocycles. The van der Waals surface area contributed by atoms with E-state index >= 15 is 0 Å². The second-order valence-electron chi connectivity index (χ2n) is 7.17. The van der Waals surface area contributed by atoms with Crippen molar-refractivity contribution in [2.45, 2.75) is 43.5 Å². The molecule has 0 spiro atoms. The van der Waals surface area contributed by atoms with Gasteiger partial charge in [0.25, 0.3) is 0 Å². The third kappa shape index (κ3) is 3.52. The highest BCUT2D eigenvalue weighted by atomic mass is 32.2. The molecule has 1 aliphatic heterocycles. The van der Waals surface area contributed by atoms with Crippen LogP contribution in [0.5, 0.6) is 5.75 Å². The second kappa shape index (κ2) is 6.83. The van der Waals surface area contributed by atoms with Crippen molar-refractivity contribution in [1.82, 2.24) is 0 Å². The fourth-order valence-electron chi connectivity index (χ4n) is 3.52. The average Bonchev–Trinajstić information content (AvgIpc) is 3.41. The van der Waals surface area contributed by atoms with Crippen molar-refractivity contribution in [3.63, 3.8) is 0 Å². The van der Waals surface area contributed by atoms with E-state index < -0.39 is 21.4 Å². The van der Waals surface area contributed by atoms with Gasteiger partial charge >= 0.3 is 15.6 Å². The minimum atomic E-state index is -5.88. The van der Waals surface area contributed by atoms with Crippen molar-refractivity contribution in [1.29, 1.82) is 0 Å². The van der Waals surface area contributed by atoms with E-state index in [0.29, 0.717) is 16.8 Å². The van der Waals surface area contributed by atoms with Crippen molar-refractivity contribution in [3.8, 4) is 16.9 Å². The van der Waals surface area contributed by atoms with Gasteiger partial charge in [-0.2, -0.15) is 21.6 Å². The minimum absolute atomic E-state index is 0.0324. The molecule has 154 valence electrons. The van der Waals surface area contributed by atoms with Crippen molar-refractivity contribution in [3.05, 3.63) is 47.3 Å². The van der Waals surface area contributed by atoms with E-state index in [1.165, 1.54) is 12.1 Å². The monoisotopic (exact) mass is 427 g/mol. The van der Waals surface area contributed by atoms with Crippen molar-refractivity contribution in [2.75, 3.05) is 0 Å². The lowest BCUT2D eigenvalue weighted by atomic mass is 9.89. The molecule has 4 nitrogen and oxygen atoms in total. The van der Waals surface area contributed by atoms with Gasteiger partial charge in [-0.05, 0) is 54.5 Å². The molecular weight excluding hydrogens is 410 g/mol. The fraction of sp³-hybridized carbons (Fsp3) is 0.350. The van der Waals surface area contributed by atoms with Crippen LogP contribution in [0.15, 0.2) is 35.3 Å². The first-order chi connectivity index (χ1) is 13.6. The summed E-state index contributed by atoms with van der Waals surface area (Å²) in [7, 11) is -5.88. The number of hydrogen-bond acceptors (Lipinski definition) is 4. The SMILES string of the molecule is CCC1C=Nc2c1cc(C1CC1)c(OS(=O)(=O)C(F)(F)F)c2-c1ccc(F)cc1. The van der Waals surface area contributed by atoms with Gasteiger partial charge in [0.2, 0.25) is 0 Å². The zero-order valence-corrected chi connectivity index (χ0v) is 16.1. The Hall–Kier alpha value is -2.42. The van der Waals surface area contributed by atoms with E-state index in [2.05, 4.69) is 9.18 Å². The third-order valence-corrected chi connectivity index (χ3v) is 6.11. The van der Waals surface area contributed by atoms with E-state index in [4.69, 9.17) is 0 Å². The van der Waals surface area contributed by atoms with Crippen LogP contribution in [0.2, 0.25) is 0 Å². The van der Waals surface area contributed by atoms with E-state index in [9.17, 15) is 26.0 Å². The van der Waals surface area contributed by atoms with Crippen LogP contribution < -0.4 is 4.18 Å². The lowest BCUT2D eigenvalue weighted by Gasteiger charge is -2.20.